The van der Waals surface area contributed by atoms with E-state index in [1.54, 1.807) is 32.0 Å². The summed E-state index contributed by atoms with van der Waals surface area (Å²) < 4.78 is 5.17. The number of likely N-dealkylation sites (tertiary alicyclic amines) is 1. The number of ether oxygens (including phenoxy) is 1. The Morgan fingerprint density at radius 1 is 1.38 bits per heavy atom. The van der Waals surface area contributed by atoms with Crippen LogP contribution in [0.2, 0.25) is 0 Å². The van der Waals surface area contributed by atoms with Gasteiger partial charge in [0, 0.05) is 12.5 Å². The zero-order valence-electron chi connectivity index (χ0n) is 16.9. The molecule has 9 heteroatoms. The number of imide groups is 1. The monoisotopic (exact) mass is 422 g/mol. The molecule has 0 unspecified atom stereocenters. The molecule has 2 amide bonds. The summed E-state index contributed by atoms with van der Waals surface area (Å²) in [6.07, 6.45) is 2.02. The molecule has 8 nitrogen and oxygen atoms in total. The number of hydrogen-bond acceptors (Lipinski definition) is 7. The Labute approximate surface area is 173 Å². The molecule has 2 aliphatic rings. The molecule has 3 N–H and O–H groups in total. The molecule has 2 saturated heterocycles. The second-order valence-electron chi connectivity index (χ2n) is 7.80. The lowest BCUT2D eigenvalue weighted by atomic mass is 9.78. The number of nitrogens with two attached hydrogens (primary N) is 1. The van der Waals surface area contributed by atoms with Crippen molar-refractivity contribution in [3.63, 3.8) is 0 Å². The molecular formula is C20H26N2O6S. The number of thioether (sulfide) groups is 1. The number of carboxylic acid groups (broad SMARTS) is 1. The van der Waals surface area contributed by atoms with E-state index >= 15 is 0 Å². The molecule has 0 saturated carbocycles. The number of hydrogen-bond donors (Lipinski definition) is 2. The number of phenols is 1. The van der Waals surface area contributed by atoms with Crippen molar-refractivity contribution in [3.05, 3.63) is 23.8 Å². The number of fused-ring (bicyclic) bond motifs is 1. The highest BCUT2D eigenvalue weighted by molar-refractivity contribution is 7.98. The molecule has 1 aromatic carbocycles. The number of carbonyl (C=O) groups is 3. The van der Waals surface area contributed by atoms with Gasteiger partial charge in [-0.25, -0.2) is 0 Å². The first-order valence-electron chi connectivity index (χ1n) is 9.50. The van der Waals surface area contributed by atoms with Gasteiger partial charge in [-0.05, 0) is 38.0 Å². The zero-order valence-corrected chi connectivity index (χ0v) is 17.7. The van der Waals surface area contributed by atoms with E-state index in [1.807, 2.05) is 6.26 Å². The van der Waals surface area contributed by atoms with E-state index in [4.69, 9.17) is 4.74 Å². The van der Waals surface area contributed by atoms with E-state index in [0.29, 0.717) is 11.3 Å². The number of quaternary nitrogens is 1. The van der Waals surface area contributed by atoms with Crippen LogP contribution in [0.3, 0.4) is 0 Å². The van der Waals surface area contributed by atoms with Gasteiger partial charge in [0.05, 0.1) is 12.7 Å². The quantitative estimate of drug-likeness (QED) is 0.555. The van der Waals surface area contributed by atoms with Gasteiger partial charge < -0.3 is 25.1 Å². The Morgan fingerprint density at radius 2 is 2.07 bits per heavy atom. The summed E-state index contributed by atoms with van der Waals surface area (Å²) in [6.45, 7) is 3.45. The van der Waals surface area contributed by atoms with Crippen molar-refractivity contribution in [3.8, 4) is 11.5 Å². The summed E-state index contributed by atoms with van der Waals surface area (Å²) in [6, 6.07) is 3.74. The van der Waals surface area contributed by atoms with E-state index in [-0.39, 0.29) is 24.0 Å². The van der Waals surface area contributed by atoms with Gasteiger partial charge in [0.2, 0.25) is 11.8 Å². The number of rotatable bonds is 7. The molecule has 29 heavy (non-hydrogen) atoms. The second kappa shape index (κ2) is 7.87. The number of carbonyl (C=O) groups excluding carboxylic acids is 3. The van der Waals surface area contributed by atoms with Crippen LogP contribution in [-0.2, 0) is 14.4 Å². The van der Waals surface area contributed by atoms with E-state index in [0.717, 1.165) is 4.90 Å². The first kappa shape index (κ1) is 21.4. The molecule has 1 aromatic rings. The summed E-state index contributed by atoms with van der Waals surface area (Å²) >= 11 is 1.46. The largest absolute Gasteiger partial charge is 0.544 e. The fraction of sp³-hybridized carbons (Fsp3) is 0.550. The van der Waals surface area contributed by atoms with Crippen molar-refractivity contribution in [1.29, 1.82) is 0 Å². The van der Waals surface area contributed by atoms with Crippen molar-refractivity contribution < 1.29 is 34.7 Å². The molecule has 0 radical (unpaired) electrons. The molecule has 0 aliphatic carbocycles. The SMILES string of the molecule is COc1cccc([C@H]2[NH2+][C@@](CCSC)(C(=O)[O-])[C@@H]3C(=O)N(C(C)C)C(=O)[C@@H]23)c1O. The van der Waals surface area contributed by atoms with Gasteiger partial charge in [-0.1, -0.05) is 6.07 Å². The molecule has 2 aliphatic heterocycles. The van der Waals surface area contributed by atoms with Gasteiger partial charge in [0.15, 0.2) is 17.0 Å². The van der Waals surface area contributed by atoms with Crippen LogP contribution in [0, 0.1) is 11.8 Å². The number of para-hydroxylation sites is 1. The van der Waals surface area contributed by atoms with Crippen LogP contribution in [0.25, 0.3) is 0 Å². The maximum Gasteiger partial charge on any atom is 0.240 e. The Kier molecular flexibility index (Phi) is 5.82. The highest BCUT2D eigenvalue weighted by Crippen LogP contribution is 2.48. The zero-order chi connectivity index (χ0) is 21.5. The van der Waals surface area contributed by atoms with Crippen LogP contribution < -0.4 is 15.2 Å². The smallest absolute Gasteiger partial charge is 0.240 e. The van der Waals surface area contributed by atoms with Crippen molar-refractivity contribution in [2.24, 2.45) is 11.8 Å². The lowest BCUT2D eigenvalue weighted by Crippen LogP contribution is -2.99. The van der Waals surface area contributed by atoms with E-state index < -0.39 is 41.2 Å². The molecule has 3 rings (SSSR count). The van der Waals surface area contributed by atoms with Crippen molar-refractivity contribution in [1.82, 2.24) is 4.90 Å². The topological polar surface area (TPSA) is 124 Å². The van der Waals surface area contributed by atoms with E-state index in [2.05, 4.69) is 0 Å². The maximum absolute atomic E-state index is 13.2. The molecule has 0 spiro atoms. The number of aliphatic carboxylic acids is 1. The third-order valence-corrected chi connectivity index (χ3v) is 6.64. The van der Waals surface area contributed by atoms with Gasteiger partial charge in [-0.3, -0.25) is 14.5 Å². The normalized spacial score (nSPS) is 28.9. The van der Waals surface area contributed by atoms with Gasteiger partial charge in [0.25, 0.3) is 0 Å². The molecule has 0 aromatic heterocycles. The summed E-state index contributed by atoms with van der Waals surface area (Å²) in [7, 11) is 1.41. The van der Waals surface area contributed by atoms with Gasteiger partial charge in [-0.15, -0.1) is 0 Å². The fourth-order valence-corrected chi connectivity index (χ4v) is 5.26. The van der Waals surface area contributed by atoms with Crippen molar-refractivity contribution in [2.75, 3.05) is 19.1 Å². The number of carboxylic acids is 1. The molecule has 158 valence electrons. The molecule has 2 heterocycles. The Bertz CT molecular complexity index is 844. The lowest BCUT2D eigenvalue weighted by molar-refractivity contribution is -0.739. The number of nitrogens with zero attached hydrogens (tertiary/aromatic N) is 1. The Morgan fingerprint density at radius 3 is 2.62 bits per heavy atom. The van der Waals surface area contributed by atoms with Crippen molar-refractivity contribution in [2.45, 2.75) is 37.9 Å². The third kappa shape index (κ3) is 3.16. The standard InChI is InChI=1S/C20H26N2O6S/c1-10(2)22-17(24)13-14(18(22)25)20(19(26)27,8-9-29-4)21-15(13)11-6-5-7-12(28-3)16(11)23/h5-7,10,13-15,21,23H,8-9H2,1-4H3,(H,26,27)/t13-,14+,15-,20-/m1/s1. The molecule has 0 bridgehead atoms. The number of methoxy groups -OCH3 is 1. The third-order valence-electron chi connectivity index (χ3n) is 6.03. The number of aromatic hydroxyl groups is 1. The van der Waals surface area contributed by atoms with Crippen LogP contribution in [0.15, 0.2) is 18.2 Å². The predicted molar refractivity (Wildman–Crippen MR) is 104 cm³/mol. The van der Waals surface area contributed by atoms with Crippen LogP contribution in [0.5, 0.6) is 11.5 Å². The van der Waals surface area contributed by atoms with Gasteiger partial charge in [0.1, 0.15) is 23.8 Å². The summed E-state index contributed by atoms with van der Waals surface area (Å²) in [5, 5.41) is 24.6. The van der Waals surface area contributed by atoms with Gasteiger partial charge >= 0.3 is 0 Å². The fourth-order valence-electron chi connectivity index (χ4n) is 4.72. The predicted octanol–water partition coefficient (Wildman–Crippen LogP) is -0.730. The minimum atomic E-state index is -1.58. The lowest BCUT2D eigenvalue weighted by Gasteiger charge is -2.33. The molecular weight excluding hydrogens is 396 g/mol. The van der Waals surface area contributed by atoms with Gasteiger partial charge in [-0.2, -0.15) is 11.8 Å². The average Bonchev–Trinajstić information content (AvgIpc) is 3.15. The highest BCUT2D eigenvalue weighted by Gasteiger charge is 2.69. The average molecular weight is 423 g/mol. The Hall–Kier alpha value is -2.26. The summed E-state index contributed by atoms with van der Waals surface area (Å²) in [4.78, 5) is 40.0. The van der Waals surface area contributed by atoms with Crippen LogP contribution in [-0.4, -0.2) is 58.5 Å². The minimum absolute atomic E-state index is 0.155. The van der Waals surface area contributed by atoms with Crippen LogP contribution >= 0.6 is 11.8 Å². The van der Waals surface area contributed by atoms with Crippen LogP contribution in [0.4, 0.5) is 0 Å². The Balaban J connectivity index is 2.18. The minimum Gasteiger partial charge on any atom is -0.544 e. The van der Waals surface area contributed by atoms with E-state index in [9.17, 15) is 24.6 Å². The molecule has 4 atom stereocenters. The number of benzene rings is 1. The van der Waals surface area contributed by atoms with Crippen molar-refractivity contribution >= 4 is 29.5 Å². The maximum atomic E-state index is 13.2. The highest BCUT2D eigenvalue weighted by atomic mass is 32.2. The first-order valence-corrected chi connectivity index (χ1v) is 10.9. The summed E-state index contributed by atoms with van der Waals surface area (Å²) in [5.74, 6) is -3.65. The molecule has 2 fully saturated rings. The first-order chi connectivity index (χ1) is 13.7. The van der Waals surface area contributed by atoms with E-state index in [1.165, 1.54) is 24.2 Å². The number of amides is 2. The summed E-state index contributed by atoms with van der Waals surface area (Å²) in [5.41, 5.74) is -1.21. The number of phenolic OH excluding ortho intramolecular Hbond substituents is 1. The van der Waals surface area contributed by atoms with Crippen LogP contribution in [0.1, 0.15) is 31.9 Å². The second-order valence-corrected chi connectivity index (χ2v) is 8.79.